The van der Waals surface area contributed by atoms with E-state index in [0.29, 0.717) is 35.6 Å². The predicted molar refractivity (Wildman–Crippen MR) is 130 cm³/mol. The third-order valence-electron chi connectivity index (χ3n) is 5.28. The number of carbonyl (C=O) groups is 2. The maximum absolute atomic E-state index is 13.2. The molecule has 2 rings (SSSR count). The number of ether oxygens (including phenoxy) is 1. The highest BCUT2D eigenvalue weighted by Gasteiger charge is 2.29. The van der Waals surface area contributed by atoms with Gasteiger partial charge in [-0.2, -0.15) is 0 Å². The van der Waals surface area contributed by atoms with Gasteiger partial charge in [0, 0.05) is 18.1 Å². The fourth-order valence-electron chi connectivity index (χ4n) is 3.33. The maximum atomic E-state index is 13.2. The smallest absolute Gasteiger partial charge is 0.261 e. The normalized spacial score (nSPS) is 12.0. The molecule has 1 unspecified atom stereocenters. The highest BCUT2D eigenvalue weighted by molar-refractivity contribution is 6.31. The Morgan fingerprint density at radius 2 is 1.69 bits per heavy atom. The van der Waals surface area contributed by atoms with Crippen LogP contribution in [0.25, 0.3) is 0 Å². The molecule has 2 aromatic rings. The SMILES string of the molecule is CCC(C(=O)NCC(C)C)N(Cc1ccccc1Cl)C(=O)COc1ccc(C(C)C)cc1. The summed E-state index contributed by atoms with van der Waals surface area (Å²) in [4.78, 5) is 27.7. The van der Waals surface area contributed by atoms with Crippen molar-refractivity contribution in [3.8, 4) is 5.75 Å². The van der Waals surface area contributed by atoms with Crippen LogP contribution in [0.2, 0.25) is 5.02 Å². The second-order valence-electron chi connectivity index (χ2n) is 8.69. The van der Waals surface area contributed by atoms with Crippen LogP contribution in [0, 0.1) is 5.92 Å². The van der Waals surface area contributed by atoms with Crippen LogP contribution in [0.5, 0.6) is 5.75 Å². The van der Waals surface area contributed by atoms with Gasteiger partial charge in [-0.05, 0) is 47.6 Å². The molecule has 0 radical (unpaired) electrons. The zero-order valence-electron chi connectivity index (χ0n) is 19.7. The van der Waals surface area contributed by atoms with Crippen LogP contribution in [-0.4, -0.2) is 35.9 Å². The first-order valence-electron chi connectivity index (χ1n) is 11.3. The zero-order valence-corrected chi connectivity index (χ0v) is 20.5. The minimum atomic E-state index is -0.607. The molecule has 2 aromatic carbocycles. The average Bonchev–Trinajstić information content (AvgIpc) is 2.77. The van der Waals surface area contributed by atoms with Gasteiger partial charge in [-0.1, -0.05) is 76.6 Å². The predicted octanol–water partition coefficient (Wildman–Crippen LogP) is 5.42. The van der Waals surface area contributed by atoms with Gasteiger partial charge >= 0.3 is 0 Å². The molecule has 0 spiro atoms. The summed E-state index contributed by atoms with van der Waals surface area (Å²) in [6.45, 7) is 10.9. The molecule has 0 aliphatic rings. The minimum Gasteiger partial charge on any atom is -0.484 e. The summed E-state index contributed by atoms with van der Waals surface area (Å²) in [5, 5.41) is 3.52. The van der Waals surface area contributed by atoms with Gasteiger partial charge in [-0.25, -0.2) is 0 Å². The second kappa shape index (κ2) is 12.5. The van der Waals surface area contributed by atoms with Crippen molar-refractivity contribution in [1.82, 2.24) is 10.2 Å². The molecule has 1 atom stereocenters. The Morgan fingerprint density at radius 3 is 2.25 bits per heavy atom. The number of nitrogens with zero attached hydrogens (tertiary/aromatic N) is 1. The Bertz CT molecular complexity index is 881. The molecule has 2 amide bonds. The van der Waals surface area contributed by atoms with E-state index in [1.54, 1.807) is 11.0 Å². The number of nitrogens with one attached hydrogen (secondary N) is 1. The first-order chi connectivity index (χ1) is 15.2. The van der Waals surface area contributed by atoms with E-state index in [1.807, 2.05) is 63.2 Å². The van der Waals surface area contributed by atoms with Crippen molar-refractivity contribution in [3.63, 3.8) is 0 Å². The number of amides is 2. The molecular formula is C26H35ClN2O3. The van der Waals surface area contributed by atoms with E-state index >= 15 is 0 Å². The Labute approximate surface area is 197 Å². The van der Waals surface area contributed by atoms with E-state index in [1.165, 1.54) is 5.56 Å². The maximum Gasteiger partial charge on any atom is 0.261 e. The second-order valence-corrected chi connectivity index (χ2v) is 9.10. The van der Waals surface area contributed by atoms with Crippen LogP contribution in [0.4, 0.5) is 0 Å². The van der Waals surface area contributed by atoms with Crippen LogP contribution in [0.1, 0.15) is 58.1 Å². The molecule has 0 heterocycles. The summed E-state index contributed by atoms with van der Waals surface area (Å²) >= 11 is 6.35. The van der Waals surface area contributed by atoms with Gasteiger partial charge in [0.25, 0.3) is 5.91 Å². The summed E-state index contributed by atoms with van der Waals surface area (Å²) in [6.07, 6.45) is 0.489. The Balaban J connectivity index is 2.18. The summed E-state index contributed by atoms with van der Waals surface area (Å²) < 4.78 is 5.77. The fraction of sp³-hybridized carbons (Fsp3) is 0.462. The van der Waals surface area contributed by atoms with Crippen molar-refractivity contribution in [1.29, 1.82) is 0 Å². The molecule has 0 aromatic heterocycles. The van der Waals surface area contributed by atoms with Gasteiger partial charge in [-0.3, -0.25) is 9.59 Å². The lowest BCUT2D eigenvalue weighted by atomic mass is 10.0. The molecule has 0 fully saturated rings. The summed E-state index contributed by atoms with van der Waals surface area (Å²) in [5.74, 6) is 0.942. The van der Waals surface area contributed by atoms with E-state index < -0.39 is 6.04 Å². The topological polar surface area (TPSA) is 58.6 Å². The lowest BCUT2D eigenvalue weighted by Gasteiger charge is -2.31. The molecule has 6 heteroatoms. The number of halogens is 1. The van der Waals surface area contributed by atoms with Crippen molar-refractivity contribution in [2.24, 2.45) is 5.92 Å². The molecule has 0 aliphatic heterocycles. The van der Waals surface area contributed by atoms with Crippen molar-refractivity contribution >= 4 is 23.4 Å². The number of carbonyl (C=O) groups excluding carboxylic acids is 2. The van der Waals surface area contributed by atoms with Gasteiger partial charge in [-0.15, -0.1) is 0 Å². The van der Waals surface area contributed by atoms with Crippen molar-refractivity contribution in [2.45, 2.75) is 59.5 Å². The Kier molecular flexibility index (Phi) is 10.0. The molecular weight excluding hydrogens is 424 g/mol. The fourth-order valence-corrected chi connectivity index (χ4v) is 3.52. The van der Waals surface area contributed by atoms with Crippen LogP contribution >= 0.6 is 11.6 Å². The van der Waals surface area contributed by atoms with Crippen LogP contribution in [-0.2, 0) is 16.1 Å². The van der Waals surface area contributed by atoms with Crippen molar-refractivity contribution in [2.75, 3.05) is 13.2 Å². The number of hydrogen-bond acceptors (Lipinski definition) is 3. The average molecular weight is 459 g/mol. The first kappa shape index (κ1) is 25.7. The highest BCUT2D eigenvalue weighted by Crippen LogP contribution is 2.21. The first-order valence-corrected chi connectivity index (χ1v) is 11.6. The molecule has 0 saturated heterocycles. The third kappa shape index (κ3) is 7.56. The largest absolute Gasteiger partial charge is 0.484 e. The van der Waals surface area contributed by atoms with Gasteiger partial charge < -0.3 is 15.0 Å². The van der Waals surface area contributed by atoms with Gasteiger partial charge in [0.2, 0.25) is 5.91 Å². The lowest BCUT2D eigenvalue weighted by molar-refractivity contribution is -0.143. The van der Waals surface area contributed by atoms with Gasteiger partial charge in [0.15, 0.2) is 6.61 Å². The summed E-state index contributed by atoms with van der Waals surface area (Å²) in [7, 11) is 0. The summed E-state index contributed by atoms with van der Waals surface area (Å²) in [5.41, 5.74) is 2.00. The minimum absolute atomic E-state index is 0.153. The van der Waals surface area contributed by atoms with Crippen molar-refractivity contribution in [3.05, 3.63) is 64.7 Å². The van der Waals surface area contributed by atoms with Crippen molar-refractivity contribution < 1.29 is 14.3 Å². The molecule has 0 bridgehead atoms. The monoisotopic (exact) mass is 458 g/mol. The Morgan fingerprint density at radius 1 is 1.03 bits per heavy atom. The lowest BCUT2D eigenvalue weighted by Crippen LogP contribution is -2.50. The van der Waals surface area contributed by atoms with E-state index in [4.69, 9.17) is 16.3 Å². The molecule has 32 heavy (non-hydrogen) atoms. The standard InChI is InChI=1S/C26H35ClN2O3/c1-6-24(26(31)28-15-18(2)3)29(16-21-9-7-8-10-23(21)27)25(30)17-32-22-13-11-20(12-14-22)19(4)5/h7-14,18-19,24H,6,15-17H2,1-5H3,(H,28,31). The Hall–Kier alpha value is -2.53. The molecule has 0 saturated carbocycles. The van der Waals surface area contributed by atoms with E-state index in [-0.39, 0.29) is 25.0 Å². The number of hydrogen-bond donors (Lipinski definition) is 1. The van der Waals surface area contributed by atoms with Crippen LogP contribution in [0.3, 0.4) is 0 Å². The van der Waals surface area contributed by atoms with Gasteiger partial charge in [0.1, 0.15) is 11.8 Å². The quantitative estimate of drug-likeness (QED) is 0.489. The zero-order chi connectivity index (χ0) is 23.7. The van der Waals surface area contributed by atoms with Gasteiger partial charge in [0.05, 0.1) is 0 Å². The molecule has 5 nitrogen and oxygen atoms in total. The number of benzene rings is 2. The number of rotatable bonds is 11. The van der Waals surface area contributed by atoms with Crippen LogP contribution < -0.4 is 10.1 Å². The van der Waals surface area contributed by atoms with E-state index in [0.717, 1.165) is 5.56 Å². The third-order valence-corrected chi connectivity index (χ3v) is 5.65. The van der Waals surface area contributed by atoms with Crippen LogP contribution in [0.15, 0.2) is 48.5 Å². The molecule has 174 valence electrons. The van der Waals surface area contributed by atoms with E-state index in [9.17, 15) is 9.59 Å². The molecule has 0 aliphatic carbocycles. The van der Waals surface area contributed by atoms with E-state index in [2.05, 4.69) is 19.2 Å². The highest BCUT2D eigenvalue weighted by atomic mass is 35.5. The molecule has 1 N–H and O–H groups in total. The summed E-state index contributed by atoms with van der Waals surface area (Å²) in [6, 6.07) is 14.5.